The molecule has 162 valence electrons. The number of esters is 2. The van der Waals surface area contributed by atoms with Crippen molar-refractivity contribution < 1.29 is 19.1 Å². The second-order valence-electron chi connectivity index (χ2n) is 9.70. The van der Waals surface area contributed by atoms with Crippen molar-refractivity contribution in [3.05, 3.63) is 34.9 Å². The van der Waals surface area contributed by atoms with Gasteiger partial charge in [0.2, 0.25) is 0 Å². The Morgan fingerprint density at radius 2 is 1.76 bits per heavy atom. The molecule has 1 saturated carbocycles. The summed E-state index contributed by atoms with van der Waals surface area (Å²) in [6.45, 7) is 12.0. The van der Waals surface area contributed by atoms with Crippen LogP contribution >= 0.6 is 11.6 Å². The summed E-state index contributed by atoms with van der Waals surface area (Å²) >= 11 is 6.01. The van der Waals surface area contributed by atoms with Crippen molar-refractivity contribution in [1.82, 2.24) is 0 Å². The monoisotopic (exact) mass is 422 g/mol. The molecule has 4 atom stereocenters. The van der Waals surface area contributed by atoms with Gasteiger partial charge in [0.1, 0.15) is 11.7 Å². The van der Waals surface area contributed by atoms with Crippen LogP contribution in [0.25, 0.3) is 0 Å². The smallest absolute Gasteiger partial charge is 0.314 e. The van der Waals surface area contributed by atoms with Gasteiger partial charge in [-0.05, 0) is 69.1 Å². The van der Waals surface area contributed by atoms with Gasteiger partial charge in [-0.2, -0.15) is 0 Å². The number of rotatable bonds is 6. The van der Waals surface area contributed by atoms with E-state index in [4.69, 9.17) is 21.1 Å². The molecule has 4 nitrogen and oxygen atoms in total. The molecule has 0 radical (unpaired) electrons. The van der Waals surface area contributed by atoms with Gasteiger partial charge in [0.25, 0.3) is 0 Å². The zero-order valence-electron chi connectivity index (χ0n) is 18.5. The van der Waals surface area contributed by atoms with E-state index < -0.39 is 17.5 Å². The molecule has 1 aliphatic carbocycles. The number of benzene rings is 1. The molecule has 29 heavy (non-hydrogen) atoms. The molecular weight excluding hydrogens is 388 g/mol. The van der Waals surface area contributed by atoms with Crippen molar-refractivity contribution in [2.45, 2.75) is 84.8 Å². The zero-order valence-corrected chi connectivity index (χ0v) is 19.3. The average Bonchev–Trinajstić information content (AvgIpc) is 2.58. The van der Waals surface area contributed by atoms with E-state index in [1.807, 2.05) is 20.8 Å². The molecule has 0 spiro atoms. The van der Waals surface area contributed by atoms with E-state index in [0.29, 0.717) is 22.8 Å². The summed E-state index contributed by atoms with van der Waals surface area (Å²) in [6, 6.07) is 7.02. The van der Waals surface area contributed by atoms with Crippen molar-refractivity contribution in [2.24, 2.45) is 17.8 Å². The number of hydrogen-bond acceptors (Lipinski definition) is 4. The fourth-order valence-electron chi connectivity index (χ4n) is 4.06. The van der Waals surface area contributed by atoms with Crippen LogP contribution in [0.4, 0.5) is 0 Å². The third-order valence-corrected chi connectivity index (χ3v) is 5.83. The molecule has 4 unspecified atom stereocenters. The minimum absolute atomic E-state index is 0.0493. The molecule has 2 rings (SSSR count). The Bertz CT molecular complexity index is 690. The number of halogens is 1. The minimum Gasteiger partial charge on any atom is -0.462 e. The van der Waals surface area contributed by atoms with Gasteiger partial charge < -0.3 is 9.47 Å². The van der Waals surface area contributed by atoms with E-state index in [9.17, 15) is 9.59 Å². The van der Waals surface area contributed by atoms with E-state index in [0.717, 1.165) is 24.8 Å². The Morgan fingerprint density at radius 1 is 1.14 bits per heavy atom. The summed E-state index contributed by atoms with van der Waals surface area (Å²) < 4.78 is 11.5. The lowest BCUT2D eigenvalue weighted by Crippen LogP contribution is -2.37. The molecule has 1 aliphatic rings. The van der Waals surface area contributed by atoms with Crippen LogP contribution in [0.1, 0.15) is 78.7 Å². The van der Waals surface area contributed by atoms with Gasteiger partial charge in [-0.3, -0.25) is 9.59 Å². The van der Waals surface area contributed by atoms with Crippen molar-refractivity contribution in [2.75, 3.05) is 0 Å². The first kappa shape index (κ1) is 23.7. The second kappa shape index (κ2) is 9.97. The van der Waals surface area contributed by atoms with Crippen LogP contribution < -0.4 is 0 Å². The van der Waals surface area contributed by atoms with Crippen LogP contribution in [-0.4, -0.2) is 23.6 Å². The molecule has 0 heterocycles. The fraction of sp³-hybridized carbons (Fsp3) is 0.667. The second-order valence-corrected chi connectivity index (χ2v) is 10.1. The van der Waals surface area contributed by atoms with Gasteiger partial charge in [-0.15, -0.1) is 0 Å². The molecule has 0 bridgehead atoms. The highest BCUT2D eigenvalue weighted by atomic mass is 35.5. The minimum atomic E-state index is -0.702. The van der Waals surface area contributed by atoms with Crippen LogP contribution in [0.2, 0.25) is 5.02 Å². The SMILES string of the molecule is CC1CCC(C(C)C)C(OC(=O)C(CC(=O)OC(C)(C)C)c2ccc(Cl)cc2)C1. The number of carbonyl (C=O) groups is 2. The van der Waals surface area contributed by atoms with E-state index in [1.54, 1.807) is 24.3 Å². The highest BCUT2D eigenvalue weighted by Gasteiger charge is 2.36. The average molecular weight is 423 g/mol. The van der Waals surface area contributed by atoms with Crippen LogP contribution in [0.15, 0.2) is 24.3 Å². The maximum Gasteiger partial charge on any atom is 0.314 e. The van der Waals surface area contributed by atoms with Crippen molar-refractivity contribution in [1.29, 1.82) is 0 Å². The highest BCUT2D eigenvalue weighted by molar-refractivity contribution is 6.30. The Kier molecular flexibility index (Phi) is 8.16. The van der Waals surface area contributed by atoms with Crippen LogP contribution in [0.5, 0.6) is 0 Å². The first-order valence-electron chi connectivity index (χ1n) is 10.6. The molecular formula is C24H35ClO4. The topological polar surface area (TPSA) is 52.6 Å². The number of carbonyl (C=O) groups excluding carboxylic acids is 2. The molecule has 1 aromatic rings. The summed E-state index contributed by atoms with van der Waals surface area (Å²) in [5.41, 5.74) is 0.114. The predicted octanol–water partition coefficient (Wildman–Crippen LogP) is 6.16. The van der Waals surface area contributed by atoms with Gasteiger partial charge >= 0.3 is 11.9 Å². The van der Waals surface area contributed by atoms with Crippen molar-refractivity contribution >= 4 is 23.5 Å². The summed E-state index contributed by atoms with van der Waals surface area (Å²) in [4.78, 5) is 25.7. The molecule has 1 fully saturated rings. The Hall–Kier alpha value is -1.55. The first-order chi connectivity index (χ1) is 13.5. The van der Waals surface area contributed by atoms with E-state index >= 15 is 0 Å². The van der Waals surface area contributed by atoms with Gasteiger partial charge in [0.15, 0.2) is 0 Å². The van der Waals surface area contributed by atoms with Gasteiger partial charge in [-0.1, -0.05) is 50.9 Å². The van der Waals surface area contributed by atoms with E-state index in [1.165, 1.54) is 0 Å². The lowest BCUT2D eigenvalue weighted by Gasteiger charge is -2.37. The molecule has 0 saturated heterocycles. The first-order valence-corrected chi connectivity index (χ1v) is 11.0. The normalized spacial score (nSPS) is 23.5. The molecule has 0 aliphatic heterocycles. The Balaban J connectivity index is 2.21. The number of hydrogen-bond donors (Lipinski definition) is 0. The maximum absolute atomic E-state index is 13.2. The lowest BCUT2D eigenvalue weighted by molar-refractivity contribution is -0.164. The van der Waals surface area contributed by atoms with Crippen molar-refractivity contribution in [3.8, 4) is 0 Å². The van der Waals surface area contributed by atoms with Gasteiger partial charge in [0.05, 0.1) is 12.3 Å². The summed E-state index contributed by atoms with van der Waals surface area (Å²) in [7, 11) is 0. The van der Waals surface area contributed by atoms with Gasteiger partial charge in [-0.25, -0.2) is 0 Å². The molecule has 1 aromatic carbocycles. The van der Waals surface area contributed by atoms with E-state index in [-0.39, 0.29) is 18.5 Å². The third-order valence-electron chi connectivity index (χ3n) is 5.58. The van der Waals surface area contributed by atoms with E-state index in [2.05, 4.69) is 20.8 Å². The molecule has 0 aromatic heterocycles. The quantitative estimate of drug-likeness (QED) is 0.515. The van der Waals surface area contributed by atoms with Crippen LogP contribution in [0, 0.1) is 17.8 Å². The zero-order chi connectivity index (χ0) is 21.8. The fourth-order valence-corrected chi connectivity index (χ4v) is 4.19. The Labute approximate surface area is 180 Å². The number of ether oxygens (including phenoxy) is 2. The third kappa shape index (κ3) is 7.33. The molecule has 5 heteroatoms. The van der Waals surface area contributed by atoms with Crippen molar-refractivity contribution in [3.63, 3.8) is 0 Å². The lowest BCUT2D eigenvalue weighted by atomic mass is 9.75. The summed E-state index contributed by atoms with van der Waals surface area (Å²) in [5.74, 6) is -0.146. The summed E-state index contributed by atoms with van der Waals surface area (Å²) in [6.07, 6.45) is 2.93. The Morgan fingerprint density at radius 3 is 2.31 bits per heavy atom. The molecule has 0 N–H and O–H groups in total. The van der Waals surface area contributed by atoms with Gasteiger partial charge in [0, 0.05) is 5.02 Å². The predicted molar refractivity (Wildman–Crippen MR) is 116 cm³/mol. The van der Waals surface area contributed by atoms with Crippen LogP contribution in [0.3, 0.4) is 0 Å². The largest absolute Gasteiger partial charge is 0.462 e. The van der Waals surface area contributed by atoms with Crippen LogP contribution in [-0.2, 0) is 19.1 Å². The standard InChI is InChI=1S/C24H35ClO4/c1-15(2)19-12-7-16(3)13-21(19)28-23(27)20(14-22(26)29-24(4,5)6)17-8-10-18(25)11-9-17/h8-11,15-16,19-21H,7,12-14H2,1-6H3. The molecule has 0 amide bonds. The maximum atomic E-state index is 13.2. The highest BCUT2D eigenvalue weighted by Crippen LogP contribution is 2.36. The summed E-state index contributed by atoms with van der Waals surface area (Å²) in [5, 5.41) is 0.583.